The largest absolute Gasteiger partial charge is 0.265 e. The Balaban J connectivity index is 2.54. The van der Waals surface area contributed by atoms with Gasteiger partial charge in [-0.25, -0.2) is 0 Å². The van der Waals surface area contributed by atoms with Crippen molar-refractivity contribution in [2.75, 3.05) is 12.8 Å². The molecule has 0 aliphatic rings. The molecule has 0 heterocycles. The molecule has 0 saturated carbocycles. The van der Waals surface area contributed by atoms with Crippen molar-refractivity contribution in [1.82, 2.24) is 0 Å². The fourth-order valence-electron chi connectivity index (χ4n) is 1.01. The second kappa shape index (κ2) is 4.87. The molecule has 1 aromatic rings. The lowest BCUT2D eigenvalue weighted by atomic mass is 10.2. The zero-order chi connectivity index (χ0) is 9.68. The molecular weight excluding hydrogens is 186 g/mol. The molecule has 4 heteroatoms. The van der Waals surface area contributed by atoms with Crippen LogP contribution in [0.3, 0.4) is 0 Å². The van der Waals surface area contributed by atoms with E-state index in [2.05, 4.69) is 0 Å². The number of hydrogen-bond donors (Lipinski definition) is 0. The highest BCUT2D eigenvalue weighted by Gasteiger charge is 1.99. The van der Waals surface area contributed by atoms with Crippen LogP contribution in [0, 0.1) is 10.1 Å². The Morgan fingerprint density at radius 2 is 2.00 bits per heavy atom. The van der Waals surface area contributed by atoms with E-state index in [4.69, 9.17) is 0 Å². The molecule has 0 fully saturated rings. The molecule has 0 bridgehead atoms. The van der Waals surface area contributed by atoms with E-state index in [1.807, 2.05) is 30.5 Å². The number of nitrogens with zero attached hydrogens (tertiary/aromatic N) is 1. The summed E-state index contributed by atoms with van der Waals surface area (Å²) in [6.07, 6.45) is 2.52. The molecule has 13 heavy (non-hydrogen) atoms. The maximum absolute atomic E-state index is 10.1. The third-order valence-corrected chi connectivity index (χ3v) is 2.49. The molecule has 0 N–H and O–H groups in total. The van der Waals surface area contributed by atoms with Gasteiger partial charge >= 0.3 is 0 Å². The third kappa shape index (κ3) is 3.46. The van der Waals surface area contributed by atoms with E-state index in [9.17, 15) is 10.1 Å². The number of thioether (sulfide) groups is 1. The molecule has 0 unspecified atom stereocenters. The van der Waals surface area contributed by atoms with Crippen molar-refractivity contribution >= 4 is 11.8 Å². The first-order valence-corrected chi connectivity index (χ1v) is 5.19. The first-order valence-electron chi connectivity index (χ1n) is 3.97. The first kappa shape index (κ1) is 10.1. The van der Waals surface area contributed by atoms with E-state index in [1.54, 1.807) is 11.8 Å². The van der Waals surface area contributed by atoms with E-state index in [1.165, 1.54) is 4.90 Å². The second-order valence-electron chi connectivity index (χ2n) is 2.65. The van der Waals surface area contributed by atoms with Gasteiger partial charge in [-0.05, 0) is 24.0 Å². The van der Waals surface area contributed by atoms with Gasteiger partial charge in [0.2, 0.25) is 6.54 Å². The lowest BCUT2D eigenvalue weighted by molar-refractivity contribution is -0.479. The highest BCUT2D eigenvalue weighted by Crippen LogP contribution is 2.14. The van der Waals surface area contributed by atoms with Crippen LogP contribution in [0.1, 0.15) is 5.56 Å². The Bertz CT molecular complexity index is 284. The van der Waals surface area contributed by atoms with Crippen molar-refractivity contribution in [2.24, 2.45) is 0 Å². The minimum atomic E-state index is -0.289. The van der Waals surface area contributed by atoms with Crippen molar-refractivity contribution in [3.63, 3.8) is 0 Å². The van der Waals surface area contributed by atoms with Gasteiger partial charge in [0.25, 0.3) is 0 Å². The third-order valence-electron chi connectivity index (χ3n) is 1.74. The van der Waals surface area contributed by atoms with Crippen molar-refractivity contribution in [3.8, 4) is 0 Å². The molecular formula is C9H11NO2S. The van der Waals surface area contributed by atoms with Crippen LogP contribution < -0.4 is 0 Å². The monoisotopic (exact) mass is 197 g/mol. The lowest BCUT2D eigenvalue weighted by Gasteiger charge is -1.98. The lowest BCUT2D eigenvalue weighted by Crippen LogP contribution is -2.03. The highest BCUT2D eigenvalue weighted by atomic mass is 32.2. The van der Waals surface area contributed by atoms with Gasteiger partial charge < -0.3 is 0 Å². The quantitative estimate of drug-likeness (QED) is 0.422. The molecule has 0 radical (unpaired) electrons. The average Bonchev–Trinajstić information content (AvgIpc) is 2.15. The van der Waals surface area contributed by atoms with E-state index in [-0.39, 0.29) is 11.5 Å². The summed E-state index contributed by atoms with van der Waals surface area (Å²) in [5.74, 6) is 0. The summed E-state index contributed by atoms with van der Waals surface area (Å²) in [6.45, 7) is 0.0125. The van der Waals surface area contributed by atoms with Crippen molar-refractivity contribution in [1.29, 1.82) is 0 Å². The van der Waals surface area contributed by atoms with Gasteiger partial charge in [-0.1, -0.05) is 12.1 Å². The molecule has 0 aliphatic heterocycles. The molecule has 0 aliphatic carbocycles. The molecule has 1 aromatic carbocycles. The van der Waals surface area contributed by atoms with Crippen LogP contribution in [0.15, 0.2) is 29.2 Å². The van der Waals surface area contributed by atoms with Crippen LogP contribution in [-0.2, 0) is 6.42 Å². The number of benzene rings is 1. The number of nitro groups is 1. The fourth-order valence-corrected chi connectivity index (χ4v) is 1.42. The standard InChI is InChI=1S/C9H11NO2S/c1-13-9-4-2-8(3-5-9)6-7-10(11)12/h2-5H,6-7H2,1H3. The summed E-state index contributed by atoms with van der Waals surface area (Å²) >= 11 is 1.67. The van der Waals surface area contributed by atoms with Crippen LogP contribution in [0.25, 0.3) is 0 Å². The summed E-state index contributed by atoms with van der Waals surface area (Å²) in [5, 5.41) is 10.1. The van der Waals surface area contributed by atoms with Gasteiger partial charge in [0.1, 0.15) is 0 Å². The molecule has 0 saturated heterocycles. The minimum absolute atomic E-state index is 0.0125. The van der Waals surface area contributed by atoms with Crippen LogP contribution in [0.5, 0.6) is 0 Å². The average molecular weight is 197 g/mol. The molecule has 70 valence electrons. The summed E-state index contributed by atoms with van der Waals surface area (Å²) in [5.41, 5.74) is 1.02. The summed E-state index contributed by atoms with van der Waals surface area (Å²) < 4.78 is 0. The fraction of sp³-hybridized carbons (Fsp3) is 0.333. The molecule has 3 nitrogen and oxygen atoms in total. The van der Waals surface area contributed by atoms with Crippen LogP contribution >= 0.6 is 11.8 Å². The minimum Gasteiger partial charge on any atom is -0.265 e. The number of rotatable bonds is 4. The summed E-state index contributed by atoms with van der Waals surface area (Å²) in [4.78, 5) is 11.0. The van der Waals surface area contributed by atoms with Gasteiger partial charge in [-0.2, -0.15) is 0 Å². The van der Waals surface area contributed by atoms with E-state index in [0.29, 0.717) is 6.42 Å². The van der Waals surface area contributed by atoms with E-state index >= 15 is 0 Å². The topological polar surface area (TPSA) is 43.1 Å². The predicted molar refractivity (Wildman–Crippen MR) is 53.8 cm³/mol. The Morgan fingerprint density at radius 1 is 1.38 bits per heavy atom. The zero-order valence-electron chi connectivity index (χ0n) is 7.40. The van der Waals surface area contributed by atoms with Crippen LogP contribution in [0.4, 0.5) is 0 Å². The zero-order valence-corrected chi connectivity index (χ0v) is 8.21. The van der Waals surface area contributed by atoms with Crippen molar-refractivity contribution in [3.05, 3.63) is 39.9 Å². The van der Waals surface area contributed by atoms with Gasteiger partial charge in [-0.3, -0.25) is 10.1 Å². The Kier molecular flexibility index (Phi) is 3.76. The Morgan fingerprint density at radius 3 is 2.46 bits per heavy atom. The molecule has 0 aromatic heterocycles. The summed E-state index contributed by atoms with van der Waals surface area (Å²) in [7, 11) is 0. The Hall–Kier alpha value is -1.03. The summed E-state index contributed by atoms with van der Waals surface area (Å²) in [6, 6.07) is 7.85. The first-order chi connectivity index (χ1) is 6.22. The second-order valence-corrected chi connectivity index (χ2v) is 3.53. The maximum Gasteiger partial charge on any atom is 0.207 e. The Labute approximate surface area is 81.3 Å². The number of hydrogen-bond acceptors (Lipinski definition) is 3. The van der Waals surface area contributed by atoms with Crippen molar-refractivity contribution in [2.45, 2.75) is 11.3 Å². The maximum atomic E-state index is 10.1. The molecule has 1 rings (SSSR count). The van der Waals surface area contributed by atoms with E-state index < -0.39 is 0 Å². The van der Waals surface area contributed by atoms with Crippen LogP contribution in [-0.4, -0.2) is 17.7 Å². The molecule has 0 amide bonds. The smallest absolute Gasteiger partial charge is 0.207 e. The molecule has 0 atom stereocenters. The van der Waals surface area contributed by atoms with Gasteiger partial charge in [0.15, 0.2) is 0 Å². The SMILES string of the molecule is CSc1ccc(CC[N+](=O)[O-])cc1. The van der Waals surface area contributed by atoms with Gasteiger partial charge in [-0.15, -0.1) is 11.8 Å². The van der Waals surface area contributed by atoms with Crippen molar-refractivity contribution < 1.29 is 4.92 Å². The highest BCUT2D eigenvalue weighted by molar-refractivity contribution is 7.98. The van der Waals surface area contributed by atoms with Crippen LogP contribution in [0.2, 0.25) is 0 Å². The van der Waals surface area contributed by atoms with Gasteiger partial charge in [0.05, 0.1) is 0 Å². The van der Waals surface area contributed by atoms with Gasteiger partial charge in [0, 0.05) is 16.2 Å². The predicted octanol–water partition coefficient (Wildman–Crippen LogP) is 2.23. The normalized spacial score (nSPS) is 9.92. The van der Waals surface area contributed by atoms with E-state index in [0.717, 1.165) is 5.56 Å². The molecule has 0 spiro atoms.